The summed E-state index contributed by atoms with van der Waals surface area (Å²) in [7, 11) is -2.54. The summed E-state index contributed by atoms with van der Waals surface area (Å²) in [4.78, 5) is 27.1. The zero-order chi connectivity index (χ0) is 31.9. The van der Waals surface area contributed by atoms with Gasteiger partial charge in [-0.15, -0.1) is 0 Å². The topological polar surface area (TPSA) is 125 Å². The lowest BCUT2D eigenvalue weighted by Crippen LogP contribution is -2.53. The molecule has 3 aromatic rings. The number of hydrogen-bond donors (Lipinski definition) is 2. The van der Waals surface area contributed by atoms with Gasteiger partial charge in [0.05, 0.1) is 36.4 Å². The Hall–Kier alpha value is -4.00. The Morgan fingerprint density at radius 1 is 1.11 bits per heavy atom. The average Bonchev–Trinajstić information content (AvgIpc) is 3.42. The number of rotatable bonds is 14. The molecule has 0 unspecified atom stereocenters. The fourth-order valence-corrected chi connectivity index (χ4v) is 6.44. The third-order valence-electron chi connectivity index (χ3n) is 7.61. The van der Waals surface area contributed by atoms with Crippen LogP contribution >= 0.6 is 0 Å². The van der Waals surface area contributed by atoms with Crippen LogP contribution in [0, 0.1) is 11.7 Å². The Morgan fingerprint density at radius 2 is 1.82 bits per heavy atom. The van der Waals surface area contributed by atoms with Crippen molar-refractivity contribution >= 4 is 27.7 Å². The van der Waals surface area contributed by atoms with Gasteiger partial charge in [-0.3, -0.25) is 9.69 Å². The molecule has 2 N–H and O–H groups in total. The highest BCUT2D eigenvalue weighted by atomic mass is 32.2. The second-order valence-corrected chi connectivity index (χ2v) is 12.8. The normalized spacial score (nSPS) is 17.2. The molecule has 1 saturated heterocycles. The molecular formula is C32H38FN3O7S. The van der Waals surface area contributed by atoms with E-state index in [1.807, 2.05) is 44.2 Å². The lowest BCUT2D eigenvalue weighted by molar-refractivity contribution is -0.129. The van der Waals surface area contributed by atoms with Crippen molar-refractivity contribution in [2.24, 2.45) is 5.92 Å². The van der Waals surface area contributed by atoms with E-state index in [0.717, 1.165) is 10.5 Å². The highest BCUT2D eigenvalue weighted by Gasteiger charge is 2.39. The van der Waals surface area contributed by atoms with Crippen LogP contribution in [0.15, 0.2) is 83.8 Å². The van der Waals surface area contributed by atoms with Crippen LogP contribution in [0.1, 0.15) is 25.8 Å². The Kier molecular flexibility index (Phi) is 11.0. The summed E-state index contributed by atoms with van der Waals surface area (Å²) in [6.45, 7) is 3.57. The zero-order valence-corrected chi connectivity index (χ0v) is 25.7. The maximum Gasteiger partial charge on any atom is 0.415 e. The molecule has 0 radical (unpaired) electrons. The number of halogens is 1. The van der Waals surface area contributed by atoms with Gasteiger partial charge < -0.3 is 19.9 Å². The van der Waals surface area contributed by atoms with Gasteiger partial charge in [-0.25, -0.2) is 17.6 Å². The van der Waals surface area contributed by atoms with Crippen LogP contribution in [0.2, 0.25) is 0 Å². The fourth-order valence-electron chi connectivity index (χ4n) is 4.86. The molecule has 0 bridgehead atoms. The third kappa shape index (κ3) is 8.13. The molecule has 1 heterocycles. The number of amides is 2. The predicted octanol–water partition coefficient (Wildman–Crippen LogP) is 3.98. The summed E-state index contributed by atoms with van der Waals surface area (Å²) < 4.78 is 53.0. The van der Waals surface area contributed by atoms with E-state index in [1.165, 1.54) is 47.8 Å². The lowest BCUT2D eigenvalue weighted by atomic mass is 10.0. The highest BCUT2D eigenvalue weighted by Crippen LogP contribution is 2.24. The van der Waals surface area contributed by atoms with Crippen LogP contribution in [-0.4, -0.2) is 74.8 Å². The quantitative estimate of drug-likeness (QED) is 0.277. The Labute approximate surface area is 257 Å². The van der Waals surface area contributed by atoms with Gasteiger partial charge in [0.15, 0.2) is 6.10 Å². The first-order valence-electron chi connectivity index (χ1n) is 14.4. The lowest BCUT2D eigenvalue weighted by Gasteiger charge is -2.31. The van der Waals surface area contributed by atoms with Gasteiger partial charge in [0, 0.05) is 13.1 Å². The van der Waals surface area contributed by atoms with E-state index in [9.17, 15) is 27.5 Å². The number of hydrogen-bond acceptors (Lipinski definition) is 7. The molecule has 0 saturated carbocycles. The zero-order valence-electron chi connectivity index (χ0n) is 24.9. The first-order valence-corrected chi connectivity index (χ1v) is 15.9. The van der Waals surface area contributed by atoms with Gasteiger partial charge in [-0.2, -0.15) is 4.31 Å². The van der Waals surface area contributed by atoms with Crippen molar-refractivity contribution in [3.05, 3.63) is 90.2 Å². The number of carbonyl (C=O) groups excluding carboxylic acids is 2. The molecular weight excluding hydrogens is 589 g/mol. The van der Waals surface area contributed by atoms with Crippen molar-refractivity contribution < 1.29 is 37.0 Å². The molecule has 0 aliphatic carbocycles. The maximum atomic E-state index is 13.8. The molecule has 1 aliphatic heterocycles. The predicted molar refractivity (Wildman–Crippen MR) is 163 cm³/mol. The molecule has 4 atom stereocenters. The van der Waals surface area contributed by atoms with Gasteiger partial charge in [-0.1, -0.05) is 56.7 Å². The molecule has 0 aromatic heterocycles. The minimum absolute atomic E-state index is 0.0101. The van der Waals surface area contributed by atoms with E-state index in [4.69, 9.17) is 9.47 Å². The Balaban J connectivity index is 1.56. The molecule has 0 spiro atoms. The standard InChI is InChI=1S/C32H38FN3O7S/c1-4-22(2)19-35(44(40,41)27-15-13-26(42-3)14-16-27)20-29(37)28(17-23-9-6-5-7-10-23)34-31(38)30-21-36(32(39)43-30)25-12-8-11-24(33)18-25/h5-16,18,22,28-30,37H,4,17,19-21H2,1-3H3,(H,34,38)/t22-,28-,29+,30-/m0/s1. The van der Waals surface area contributed by atoms with E-state index < -0.39 is 46.1 Å². The number of nitrogens with one attached hydrogen (secondary N) is 1. The fraction of sp³-hybridized carbons (Fsp3) is 0.375. The van der Waals surface area contributed by atoms with E-state index in [1.54, 1.807) is 12.1 Å². The van der Waals surface area contributed by atoms with Crippen LogP contribution in [0.4, 0.5) is 14.9 Å². The van der Waals surface area contributed by atoms with Gasteiger partial charge in [0.25, 0.3) is 5.91 Å². The molecule has 2 amide bonds. The largest absolute Gasteiger partial charge is 0.497 e. The van der Waals surface area contributed by atoms with Crippen molar-refractivity contribution in [2.75, 3.05) is 31.6 Å². The molecule has 4 rings (SSSR count). The molecule has 44 heavy (non-hydrogen) atoms. The number of methoxy groups -OCH3 is 1. The minimum Gasteiger partial charge on any atom is -0.497 e. The van der Waals surface area contributed by atoms with E-state index in [0.29, 0.717) is 12.2 Å². The van der Waals surface area contributed by atoms with Crippen LogP contribution in [0.3, 0.4) is 0 Å². The number of aliphatic hydroxyl groups excluding tert-OH is 1. The highest BCUT2D eigenvalue weighted by molar-refractivity contribution is 7.89. The SMILES string of the molecule is CC[C@H](C)CN(C[C@@H](O)[C@H](Cc1ccccc1)NC(=O)[C@@H]1CN(c2cccc(F)c2)C(=O)O1)S(=O)(=O)c1ccc(OC)cc1. The molecule has 10 nitrogen and oxygen atoms in total. The number of aliphatic hydroxyl groups is 1. The molecule has 1 fully saturated rings. The van der Waals surface area contributed by atoms with E-state index in [2.05, 4.69) is 5.32 Å². The summed E-state index contributed by atoms with van der Waals surface area (Å²) in [6.07, 6.45) is -2.46. The first-order chi connectivity index (χ1) is 21.0. The second-order valence-electron chi connectivity index (χ2n) is 10.8. The van der Waals surface area contributed by atoms with Crippen LogP contribution < -0.4 is 15.0 Å². The Bertz CT molecular complexity index is 1520. The minimum atomic E-state index is -4.03. The number of sulfonamides is 1. The van der Waals surface area contributed by atoms with Crippen molar-refractivity contribution in [1.29, 1.82) is 0 Å². The molecule has 1 aliphatic rings. The number of benzene rings is 3. The van der Waals surface area contributed by atoms with E-state index >= 15 is 0 Å². The summed E-state index contributed by atoms with van der Waals surface area (Å²) in [6, 6.07) is 19.6. The Morgan fingerprint density at radius 3 is 2.45 bits per heavy atom. The molecule has 236 valence electrons. The molecule has 12 heteroatoms. The van der Waals surface area contributed by atoms with Crippen LogP contribution in [-0.2, 0) is 26.0 Å². The number of cyclic esters (lactones) is 1. The number of anilines is 1. The van der Waals surface area contributed by atoms with Crippen molar-refractivity contribution in [3.63, 3.8) is 0 Å². The second kappa shape index (κ2) is 14.7. The molecule has 3 aromatic carbocycles. The third-order valence-corrected chi connectivity index (χ3v) is 9.46. The van der Waals surface area contributed by atoms with Crippen LogP contribution in [0.25, 0.3) is 0 Å². The number of carbonyl (C=O) groups is 2. The van der Waals surface area contributed by atoms with Gasteiger partial charge in [0.2, 0.25) is 10.0 Å². The summed E-state index contributed by atoms with van der Waals surface area (Å²) in [5, 5.41) is 14.3. The monoisotopic (exact) mass is 627 g/mol. The maximum absolute atomic E-state index is 13.8. The smallest absolute Gasteiger partial charge is 0.415 e. The van der Waals surface area contributed by atoms with Crippen molar-refractivity contribution in [1.82, 2.24) is 9.62 Å². The summed E-state index contributed by atoms with van der Waals surface area (Å²) in [5.74, 6) is -0.708. The van der Waals surface area contributed by atoms with Crippen molar-refractivity contribution in [2.45, 2.75) is 49.8 Å². The average molecular weight is 628 g/mol. The summed E-state index contributed by atoms with van der Waals surface area (Å²) in [5.41, 5.74) is 1.05. The van der Waals surface area contributed by atoms with Gasteiger partial charge >= 0.3 is 6.09 Å². The first kappa shape index (κ1) is 32.9. The number of ether oxygens (including phenoxy) is 2. The summed E-state index contributed by atoms with van der Waals surface area (Å²) >= 11 is 0. The van der Waals surface area contributed by atoms with Gasteiger partial charge in [0.1, 0.15) is 11.6 Å². The van der Waals surface area contributed by atoms with E-state index in [-0.39, 0.29) is 42.6 Å². The number of nitrogens with zero attached hydrogens (tertiary/aromatic N) is 2. The van der Waals surface area contributed by atoms with Crippen LogP contribution in [0.5, 0.6) is 5.75 Å². The van der Waals surface area contributed by atoms with Crippen molar-refractivity contribution in [3.8, 4) is 5.75 Å². The van der Waals surface area contributed by atoms with Gasteiger partial charge in [-0.05, 0) is 60.4 Å².